The summed E-state index contributed by atoms with van der Waals surface area (Å²) in [6.07, 6.45) is -0.227. The Hall–Kier alpha value is -5.24. The maximum Gasteiger partial charge on any atom is 0.411 e. The van der Waals surface area contributed by atoms with Crippen LogP contribution in [0.1, 0.15) is 38.2 Å². The summed E-state index contributed by atoms with van der Waals surface area (Å²) in [5.74, 6) is -1.32. The van der Waals surface area contributed by atoms with Crippen molar-refractivity contribution in [2.45, 2.75) is 38.1 Å². The summed E-state index contributed by atoms with van der Waals surface area (Å²) in [7, 11) is 0. The van der Waals surface area contributed by atoms with Gasteiger partial charge in [0.1, 0.15) is 18.7 Å². The summed E-state index contributed by atoms with van der Waals surface area (Å²) in [5, 5.41) is 2.76. The average molecular weight is 562 g/mol. The van der Waals surface area contributed by atoms with Gasteiger partial charge in [-0.25, -0.2) is 4.79 Å². The van der Waals surface area contributed by atoms with Crippen LogP contribution in [0.4, 0.5) is 4.79 Å². The second kappa shape index (κ2) is 13.0. The van der Waals surface area contributed by atoms with E-state index in [1.54, 1.807) is 48.5 Å². The molecule has 4 aromatic rings. The van der Waals surface area contributed by atoms with Crippen molar-refractivity contribution in [1.82, 2.24) is 10.2 Å². The number of amides is 3. The van der Waals surface area contributed by atoms with Crippen molar-refractivity contribution < 1.29 is 23.9 Å². The first-order chi connectivity index (χ1) is 20.4. The van der Waals surface area contributed by atoms with E-state index >= 15 is 0 Å². The summed E-state index contributed by atoms with van der Waals surface area (Å²) in [5.41, 5.74) is 10.2. The number of fused-ring (bicyclic) bond motifs is 1. The Balaban J connectivity index is 1.29. The van der Waals surface area contributed by atoms with Crippen molar-refractivity contribution >= 4 is 23.7 Å². The van der Waals surface area contributed by atoms with Crippen LogP contribution in [0.15, 0.2) is 109 Å². The molecule has 0 fully saturated rings. The topological polar surface area (TPSA) is 119 Å². The number of hydrogen-bond donors (Lipinski definition) is 2. The third-order valence-electron chi connectivity index (χ3n) is 7.34. The molecule has 1 heterocycles. The summed E-state index contributed by atoms with van der Waals surface area (Å²) < 4.78 is 5.56. The van der Waals surface area contributed by atoms with E-state index in [-0.39, 0.29) is 31.8 Å². The number of carbonyl (C=O) groups excluding carboxylic acids is 4. The molecule has 8 nitrogen and oxygen atoms in total. The normalized spacial score (nSPS) is 14.8. The van der Waals surface area contributed by atoms with E-state index in [1.165, 1.54) is 4.90 Å². The van der Waals surface area contributed by atoms with E-state index in [1.807, 2.05) is 60.7 Å². The van der Waals surface area contributed by atoms with Crippen LogP contribution in [0.25, 0.3) is 0 Å². The molecule has 0 radical (unpaired) electrons. The van der Waals surface area contributed by atoms with Crippen LogP contribution in [0.5, 0.6) is 0 Å². The molecule has 4 aromatic carbocycles. The number of nitrogens with two attached hydrogens (primary N) is 1. The number of primary amides is 1. The molecule has 0 saturated heterocycles. The SMILES string of the molecule is NC(=O)[C@H](Cc1ccc(C(=O)c2ccccc2)cc1)NC(=O)[C@@H]1Cc2ccccc2CN1C(=O)OCc1ccccc1. The molecule has 1 aliphatic heterocycles. The predicted molar refractivity (Wildman–Crippen MR) is 157 cm³/mol. The number of hydrogen-bond acceptors (Lipinski definition) is 5. The van der Waals surface area contributed by atoms with Crippen LogP contribution >= 0.6 is 0 Å². The van der Waals surface area contributed by atoms with Gasteiger partial charge in [0.25, 0.3) is 0 Å². The van der Waals surface area contributed by atoms with Gasteiger partial charge < -0.3 is 15.8 Å². The van der Waals surface area contributed by atoms with Crippen LogP contribution < -0.4 is 11.1 Å². The third-order valence-corrected chi connectivity index (χ3v) is 7.34. The van der Waals surface area contributed by atoms with Crippen LogP contribution in [-0.4, -0.2) is 40.7 Å². The van der Waals surface area contributed by atoms with E-state index in [9.17, 15) is 19.2 Å². The Morgan fingerprint density at radius 2 is 1.36 bits per heavy atom. The fourth-order valence-electron chi connectivity index (χ4n) is 5.03. The molecule has 0 aromatic heterocycles. The lowest BCUT2D eigenvalue weighted by atomic mass is 9.93. The fraction of sp³-hybridized carbons (Fsp3) is 0.176. The molecule has 42 heavy (non-hydrogen) atoms. The van der Waals surface area contributed by atoms with Gasteiger partial charge in [0.15, 0.2) is 5.78 Å². The first-order valence-corrected chi connectivity index (χ1v) is 13.7. The molecule has 3 amide bonds. The Bertz CT molecular complexity index is 1570. The van der Waals surface area contributed by atoms with Gasteiger partial charge in [-0.1, -0.05) is 109 Å². The number of carbonyl (C=O) groups is 4. The number of rotatable bonds is 9. The highest BCUT2D eigenvalue weighted by molar-refractivity contribution is 6.09. The Kier molecular flexibility index (Phi) is 8.72. The standard InChI is InChI=1S/C34H31N3O5/c35-32(39)29(19-23-15-17-26(18-16-23)31(38)25-11-5-2-6-12-25)36-33(40)30-20-27-13-7-8-14-28(27)21-37(30)34(41)42-22-24-9-3-1-4-10-24/h1-18,29-30H,19-22H2,(H2,35,39)(H,36,40)/t29-,30-/m0/s1. The maximum absolute atomic E-state index is 13.6. The quantitative estimate of drug-likeness (QED) is 0.297. The van der Waals surface area contributed by atoms with Gasteiger partial charge in [-0.15, -0.1) is 0 Å². The lowest BCUT2D eigenvalue weighted by Crippen LogP contribution is -2.56. The smallest absolute Gasteiger partial charge is 0.411 e. The summed E-state index contributed by atoms with van der Waals surface area (Å²) in [6, 6.07) is 30.8. The van der Waals surface area contributed by atoms with Crippen LogP contribution in [-0.2, 0) is 40.3 Å². The van der Waals surface area contributed by atoms with Gasteiger partial charge in [-0.05, 0) is 22.3 Å². The second-order valence-corrected chi connectivity index (χ2v) is 10.2. The molecule has 212 valence electrons. The minimum atomic E-state index is -1.02. The van der Waals surface area contributed by atoms with Crippen molar-refractivity contribution in [3.05, 3.63) is 143 Å². The summed E-state index contributed by atoms with van der Waals surface area (Å²) in [6.45, 7) is 0.263. The first kappa shape index (κ1) is 28.3. The zero-order valence-electron chi connectivity index (χ0n) is 22.9. The summed E-state index contributed by atoms with van der Waals surface area (Å²) in [4.78, 5) is 53.3. The molecule has 0 bridgehead atoms. The van der Waals surface area contributed by atoms with Crippen molar-refractivity contribution in [3.8, 4) is 0 Å². The number of ketones is 1. The van der Waals surface area contributed by atoms with E-state index in [0.29, 0.717) is 11.1 Å². The molecule has 0 aliphatic carbocycles. The molecule has 5 rings (SSSR count). The lowest BCUT2D eigenvalue weighted by Gasteiger charge is -2.35. The maximum atomic E-state index is 13.6. The highest BCUT2D eigenvalue weighted by Crippen LogP contribution is 2.25. The van der Waals surface area contributed by atoms with Gasteiger partial charge in [0.05, 0.1) is 6.54 Å². The molecule has 3 N–H and O–H groups in total. The molecule has 0 unspecified atom stereocenters. The Morgan fingerprint density at radius 3 is 2.02 bits per heavy atom. The monoisotopic (exact) mass is 561 g/mol. The van der Waals surface area contributed by atoms with Crippen molar-refractivity contribution in [2.24, 2.45) is 5.73 Å². The fourth-order valence-corrected chi connectivity index (χ4v) is 5.03. The predicted octanol–water partition coefficient (Wildman–Crippen LogP) is 4.19. The van der Waals surface area contributed by atoms with Gasteiger partial charge in [-0.2, -0.15) is 0 Å². The van der Waals surface area contributed by atoms with E-state index in [4.69, 9.17) is 10.5 Å². The molecule has 1 aliphatic rings. The minimum absolute atomic E-state index is 0.0683. The van der Waals surface area contributed by atoms with E-state index < -0.39 is 30.0 Å². The third kappa shape index (κ3) is 6.72. The Labute approximate surface area is 244 Å². The highest BCUT2D eigenvalue weighted by Gasteiger charge is 2.37. The number of benzene rings is 4. The number of nitrogens with one attached hydrogen (secondary N) is 1. The molecule has 2 atom stereocenters. The van der Waals surface area contributed by atoms with Crippen LogP contribution in [0, 0.1) is 0 Å². The van der Waals surface area contributed by atoms with Gasteiger partial charge in [0, 0.05) is 24.0 Å². The lowest BCUT2D eigenvalue weighted by molar-refractivity contribution is -0.131. The summed E-state index contributed by atoms with van der Waals surface area (Å²) >= 11 is 0. The van der Waals surface area contributed by atoms with Gasteiger partial charge in [-0.3, -0.25) is 19.3 Å². The van der Waals surface area contributed by atoms with Gasteiger partial charge >= 0.3 is 6.09 Å². The molecule has 8 heteroatoms. The molecular weight excluding hydrogens is 530 g/mol. The number of ether oxygens (including phenoxy) is 1. The largest absolute Gasteiger partial charge is 0.445 e. The number of nitrogens with zero attached hydrogens (tertiary/aromatic N) is 1. The van der Waals surface area contributed by atoms with Crippen LogP contribution in [0.2, 0.25) is 0 Å². The zero-order chi connectivity index (χ0) is 29.5. The Morgan fingerprint density at radius 1 is 0.762 bits per heavy atom. The molecule has 0 spiro atoms. The zero-order valence-corrected chi connectivity index (χ0v) is 22.9. The van der Waals surface area contributed by atoms with E-state index in [2.05, 4.69) is 5.32 Å². The average Bonchev–Trinajstić information content (AvgIpc) is 3.03. The first-order valence-electron chi connectivity index (χ1n) is 13.7. The molecular formula is C34H31N3O5. The second-order valence-electron chi connectivity index (χ2n) is 10.2. The van der Waals surface area contributed by atoms with E-state index in [0.717, 1.165) is 22.3 Å². The van der Waals surface area contributed by atoms with Crippen molar-refractivity contribution in [1.29, 1.82) is 0 Å². The molecule has 0 saturated carbocycles. The van der Waals surface area contributed by atoms with Crippen molar-refractivity contribution in [2.75, 3.05) is 0 Å². The minimum Gasteiger partial charge on any atom is -0.445 e. The van der Waals surface area contributed by atoms with Gasteiger partial charge in [0.2, 0.25) is 11.8 Å². The highest BCUT2D eigenvalue weighted by atomic mass is 16.6. The van der Waals surface area contributed by atoms with Crippen molar-refractivity contribution in [3.63, 3.8) is 0 Å². The van der Waals surface area contributed by atoms with Crippen LogP contribution in [0.3, 0.4) is 0 Å².